The minimum Gasteiger partial charge on any atom is -0.497 e. The van der Waals surface area contributed by atoms with Crippen molar-refractivity contribution in [3.8, 4) is 34.2 Å². The molecule has 24 heavy (non-hydrogen) atoms. The Morgan fingerprint density at radius 1 is 0.875 bits per heavy atom. The van der Waals surface area contributed by atoms with Crippen LogP contribution in [0.4, 0.5) is 0 Å². The maximum atomic E-state index is 5.90. The summed E-state index contributed by atoms with van der Waals surface area (Å²) in [6.07, 6.45) is 0. The molecule has 2 heterocycles. The van der Waals surface area contributed by atoms with Gasteiger partial charge in [-0.05, 0) is 24.3 Å². The van der Waals surface area contributed by atoms with Crippen LogP contribution in [0.1, 0.15) is 0 Å². The molecule has 6 nitrogen and oxygen atoms in total. The summed E-state index contributed by atoms with van der Waals surface area (Å²) < 4.78 is 16.6. The number of hydrogen-bond acceptors (Lipinski definition) is 5. The Morgan fingerprint density at radius 3 is 2.29 bits per heavy atom. The van der Waals surface area contributed by atoms with Crippen LogP contribution in [0.5, 0.6) is 11.5 Å². The standard InChI is InChI=1S/C18H15N3O3/c1-22-13-7-12(8-14(10-13)23-2)17-18(20-21-19-17)16-9-11-5-3-4-6-15(11)24-16/h3-10H,1-2H3,(H,19,20,21). The van der Waals surface area contributed by atoms with Gasteiger partial charge in [0.25, 0.3) is 0 Å². The van der Waals surface area contributed by atoms with Crippen LogP contribution in [0.3, 0.4) is 0 Å². The number of fused-ring (bicyclic) bond motifs is 1. The number of aromatic nitrogens is 3. The van der Waals surface area contributed by atoms with E-state index in [1.165, 1.54) is 0 Å². The number of rotatable bonds is 4. The van der Waals surface area contributed by atoms with Gasteiger partial charge in [0.05, 0.1) is 14.2 Å². The van der Waals surface area contributed by atoms with Gasteiger partial charge < -0.3 is 13.9 Å². The molecular formula is C18H15N3O3. The van der Waals surface area contributed by atoms with E-state index in [1.54, 1.807) is 14.2 Å². The van der Waals surface area contributed by atoms with Crippen LogP contribution in [-0.4, -0.2) is 29.6 Å². The van der Waals surface area contributed by atoms with Crippen LogP contribution in [0.2, 0.25) is 0 Å². The van der Waals surface area contributed by atoms with Crippen molar-refractivity contribution in [3.63, 3.8) is 0 Å². The van der Waals surface area contributed by atoms with Gasteiger partial charge in [-0.2, -0.15) is 15.4 Å². The number of para-hydroxylation sites is 1. The smallest absolute Gasteiger partial charge is 0.158 e. The van der Waals surface area contributed by atoms with E-state index in [-0.39, 0.29) is 0 Å². The monoisotopic (exact) mass is 321 g/mol. The molecule has 0 unspecified atom stereocenters. The molecule has 0 aliphatic rings. The Bertz CT molecular complexity index is 948. The van der Waals surface area contributed by atoms with Crippen molar-refractivity contribution < 1.29 is 13.9 Å². The fraction of sp³-hybridized carbons (Fsp3) is 0.111. The third kappa shape index (κ3) is 2.38. The molecule has 0 spiro atoms. The maximum absolute atomic E-state index is 5.90. The first-order valence-corrected chi connectivity index (χ1v) is 7.41. The minimum absolute atomic E-state index is 0.640. The average molecular weight is 321 g/mol. The summed E-state index contributed by atoms with van der Waals surface area (Å²) >= 11 is 0. The molecule has 120 valence electrons. The van der Waals surface area contributed by atoms with Gasteiger partial charge in [-0.3, -0.25) is 0 Å². The predicted octanol–water partition coefficient (Wildman–Crippen LogP) is 3.90. The number of ether oxygens (including phenoxy) is 2. The zero-order chi connectivity index (χ0) is 16.5. The van der Waals surface area contributed by atoms with Crippen LogP contribution >= 0.6 is 0 Å². The van der Waals surface area contributed by atoms with Crippen LogP contribution in [0.25, 0.3) is 33.7 Å². The van der Waals surface area contributed by atoms with Crippen molar-refractivity contribution >= 4 is 11.0 Å². The van der Waals surface area contributed by atoms with Gasteiger partial charge in [0.2, 0.25) is 0 Å². The van der Waals surface area contributed by atoms with Crippen LogP contribution in [-0.2, 0) is 0 Å². The molecule has 1 N–H and O–H groups in total. The largest absolute Gasteiger partial charge is 0.497 e. The number of H-pyrrole nitrogens is 1. The predicted molar refractivity (Wildman–Crippen MR) is 90.1 cm³/mol. The van der Waals surface area contributed by atoms with E-state index >= 15 is 0 Å². The van der Waals surface area contributed by atoms with E-state index in [2.05, 4.69) is 15.4 Å². The Morgan fingerprint density at radius 2 is 1.58 bits per heavy atom. The fourth-order valence-electron chi connectivity index (χ4n) is 2.65. The van der Waals surface area contributed by atoms with Crippen molar-refractivity contribution in [2.45, 2.75) is 0 Å². The summed E-state index contributed by atoms with van der Waals surface area (Å²) in [5.74, 6) is 2.02. The molecule has 0 bridgehead atoms. The number of methoxy groups -OCH3 is 2. The molecule has 0 saturated carbocycles. The minimum atomic E-state index is 0.640. The number of nitrogens with one attached hydrogen (secondary N) is 1. The van der Waals surface area contributed by atoms with Gasteiger partial charge in [-0.25, -0.2) is 0 Å². The third-order valence-electron chi connectivity index (χ3n) is 3.83. The number of hydrogen-bond donors (Lipinski definition) is 1. The molecule has 0 aliphatic heterocycles. The summed E-state index contributed by atoms with van der Waals surface area (Å²) in [7, 11) is 3.23. The first-order chi connectivity index (χ1) is 11.8. The highest BCUT2D eigenvalue weighted by Gasteiger charge is 2.18. The van der Waals surface area contributed by atoms with Crippen molar-refractivity contribution in [3.05, 3.63) is 48.5 Å². The third-order valence-corrected chi connectivity index (χ3v) is 3.83. The SMILES string of the molecule is COc1cc(OC)cc(-c2n[nH]nc2-c2cc3ccccc3o2)c1. The highest BCUT2D eigenvalue weighted by molar-refractivity contribution is 5.85. The maximum Gasteiger partial charge on any atom is 0.158 e. The lowest BCUT2D eigenvalue weighted by molar-refractivity contribution is 0.394. The zero-order valence-electron chi connectivity index (χ0n) is 13.2. The highest BCUT2D eigenvalue weighted by atomic mass is 16.5. The van der Waals surface area contributed by atoms with E-state index in [9.17, 15) is 0 Å². The molecule has 4 rings (SSSR count). The van der Waals surface area contributed by atoms with Crippen LogP contribution in [0, 0.1) is 0 Å². The number of aromatic amines is 1. The Kier molecular flexibility index (Phi) is 3.42. The van der Waals surface area contributed by atoms with Gasteiger partial charge in [-0.1, -0.05) is 18.2 Å². The number of benzene rings is 2. The van der Waals surface area contributed by atoms with Gasteiger partial charge in [-0.15, -0.1) is 0 Å². The van der Waals surface area contributed by atoms with Crippen molar-refractivity contribution in [1.29, 1.82) is 0 Å². The van der Waals surface area contributed by atoms with Gasteiger partial charge in [0.15, 0.2) is 11.5 Å². The molecule has 6 heteroatoms. The number of nitrogens with zero attached hydrogens (tertiary/aromatic N) is 2. The van der Waals surface area contributed by atoms with Crippen molar-refractivity contribution in [2.75, 3.05) is 14.2 Å². The molecule has 0 atom stereocenters. The van der Waals surface area contributed by atoms with E-state index in [4.69, 9.17) is 13.9 Å². The summed E-state index contributed by atoms with van der Waals surface area (Å²) in [6.45, 7) is 0. The van der Waals surface area contributed by atoms with E-state index < -0.39 is 0 Å². The normalized spacial score (nSPS) is 10.9. The molecular weight excluding hydrogens is 306 g/mol. The topological polar surface area (TPSA) is 73.2 Å². The van der Waals surface area contributed by atoms with Gasteiger partial charge in [0, 0.05) is 17.0 Å². The Balaban J connectivity index is 1.85. The summed E-state index contributed by atoms with van der Waals surface area (Å²) in [6, 6.07) is 15.4. The average Bonchev–Trinajstić information content (AvgIpc) is 3.27. The number of furan rings is 1. The molecule has 0 radical (unpaired) electrons. The molecule has 2 aromatic heterocycles. The molecule has 2 aromatic carbocycles. The second kappa shape index (κ2) is 5.73. The second-order valence-corrected chi connectivity index (χ2v) is 5.27. The van der Waals surface area contributed by atoms with Crippen LogP contribution < -0.4 is 9.47 Å². The lowest BCUT2D eigenvalue weighted by Crippen LogP contribution is -1.90. The Hall–Kier alpha value is -3.28. The summed E-state index contributed by atoms with van der Waals surface area (Å²) in [5, 5.41) is 12.2. The summed E-state index contributed by atoms with van der Waals surface area (Å²) in [5.41, 5.74) is 2.95. The van der Waals surface area contributed by atoms with Gasteiger partial charge in [0.1, 0.15) is 22.8 Å². The first kappa shape index (κ1) is 14.3. The molecule has 0 saturated heterocycles. The second-order valence-electron chi connectivity index (χ2n) is 5.27. The van der Waals surface area contributed by atoms with Crippen molar-refractivity contribution in [2.24, 2.45) is 0 Å². The lowest BCUT2D eigenvalue weighted by Gasteiger charge is -2.07. The summed E-state index contributed by atoms with van der Waals surface area (Å²) in [4.78, 5) is 0. The van der Waals surface area contributed by atoms with Crippen LogP contribution in [0.15, 0.2) is 52.9 Å². The molecule has 0 amide bonds. The molecule has 0 aliphatic carbocycles. The van der Waals surface area contributed by atoms with E-state index in [0.717, 1.165) is 16.5 Å². The van der Waals surface area contributed by atoms with Crippen molar-refractivity contribution in [1.82, 2.24) is 15.4 Å². The molecule has 0 fully saturated rings. The highest BCUT2D eigenvalue weighted by Crippen LogP contribution is 2.35. The lowest BCUT2D eigenvalue weighted by atomic mass is 10.1. The fourth-order valence-corrected chi connectivity index (χ4v) is 2.65. The first-order valence-electron chi connectivity index (χ1n) is 7.41. The quantitative estimate of drug-likeness (QED) is 0.617. The van der Waals surface area contributed by atoms with E-state index in [1.807, 2.05) is 48.5 Å². The van der Waals surface area contributed by atoms with E-state index in [0.29, 0.717) is 28.6 Å². The van der Waals surface area contributed by atoms with Gasteiger partial charge >= 0.3 is 0 Å². The molecule has 4 aromatic rings. The Labute approximate surface area is 138 Å². The zero-order valence-corrected chi connectivity index (χ0v) is 13.2.